The number of hydrogen-bond donors (Lipinski definition) is 0. The highest BCUT2D eigenvalue weighted by atomic mass is 16.5. The fourth-order valence-corrected chi connectivity index (χ4v) is 2.26. The average molecular weight is 354 g/mol. The highest BCUT2D eigenvalue weighted by molar-refractivity contribution is 5.75. The molecule has 0 atom stereocenters. The minimum absolute atomic E-state index is 0.135. The first-order valence-corrected chi connectivity index (χ1v) is 7.96. The van der Waals surface area contributed by atoms with Gasteiger partial charge in [-0.1, -0.05) is 5.16 Å². The lowest BCUT2D eigenvalue weighted by atomic mass is 10.2. The van der Waals surface area contributed by atoms with Gasteiger partial charge in [-0.15, -0.1) is 0 Å². The molecule has 0 aliphatic carbocycles. The molecular weight excluding hydrogens is 336 g/mol. The maximum absolute atomic E-state index is 12.4. The van der Waals surface area contributed by atoms with Crippen LogP contribution >= 0.6 is 0 Å². The molecule has 26 heavy (non-hydrogen) atoms. The van der Waals surface area contributed by atoms with E-state index in [9.17, 15) is 9.59 Å². The number of aromatic nitrogens is 5. The second-order valence-corrected chi connectivity index (χ2v) is 5.91. The number of hydrogen-bond acceptors (Lipinski definition) is 7. The molecule has 0 unspecified atom stereocenters. The van der Waals surface area contributed by atoms with Crippen molar-refractivity contribution in [3.05, 3.63) is 58.1 Å². The van der Waals surface area contributed by atoms with Gasteiger partial charge in [-0.25, -0.2) is 4.68 Å². The minimum atomic E-state index is -0.312. The quantitative estimate of drug-likeness (QED) is 0.672. The van der Waals surface area contributed by atoms with Crippen molar-refractivity contribution in [3.8, 4) is 11.4 Å². The van der Waals surface area contributed by atoms with Gasteiger partial charge in [0.15, 0.2) is 0 Å². The van der Waals surface area contributed by atoms with Crippen molar-refractivity contribution in [2.24, 2.45) is 0 Å². The van der Waals surface area contributed by atoms with Crippen LogP contribution in [0.15, 0.2) is 39.9 Å². The maximum Gasteiger partial charge on any atom is 0.267 e. The van der Waals surface area contributed by atoms with Crippen LogP contribution in [0.25, 0.3) is 11.4 Å². The maximum atomic E-state index is 12.4. The molecule has 0 spiro atoms. The SMILES string of the molecule is Cc1cc(=O)n(CC(=O)N(C)Cc2nc(-c3ccncc3)no2)nc1C. The van der Waals surface area contributed by atoms with Crippen molar-refractivity contribution < 1.29 is 9.32 Å². The van der Waals surface area contributed by atoms with E-state index >= 15 is 0 Å². The average Bonchev–Trinajstić information content (AvgIpc) is 3.09. The highest BCUT2D eigenvalue weighted by Gasteiger charge is 2.16. The lowest BCUT2D eigenvalue weighted by Crippen LogP contribution is -2.35. The molecule has 0 aliphatic heterocycles. The Hall–Kier alpha value is -3.36. The Balaban J connectivity index is 1.68. The second-order valence-electron chi connectivity index (χ2n) is 5.91. The monoisotopic (exact) mass is 354 g/mol. The lowest BCUT2D eigenvalue weighted by Gasteiger charge is -2.15. The standard InChI is InChI=1S/C17H18N6O3/c1-11-8-15(24)23(20-12(11)2)10-16(25)22(3)9-14-19-17(21-26-14)13-4-6-18-7-5-13/h4-8H,9-10H2,1-3H3. The van der Waals surface area contributed by atoms with Crippen LogP contribution < -0.4 is 5.56 Å². The smallest absolute Gasteiger partial charge is 0.267 e. The predicted octanol–water partition coefficient (Wildman–Crippen LogP) is 0.964. The summed E-state index contributed by atoms with van der Waals surface area (Å²) >= 11 is 0. The Kier molecular flexibility index (Phi) is 4.87. The van der Waals surface area contributed by atoms with Crippen LogP contribution in [0, 0.1) is 13.8 Å². The zero-order chi connectivity index (χ0) is 18.7. The fraction of sp³-hybridized carbons (Fsp3) is 0.294. The van der Waals surface area contributed by atoms with Crippen LogP contribution in [0.2, 0.25) is 0 Å². The van der Waals surface area contributed by atoms with Gasteiger partial charge >= 0.3 is 0 Å². The van der Waals surface area contributed by atoms with Crippen LogP contribution in [0.5, 0.6) is 0 Å². The van der Waals surface area contributed by atoms with Gasteiger partial charge in [-0.3, -0.25) is 14.6 Å². The van der Waals surface area contributed by atoms with Gasteiger partial charge in [-0.05, 0) is 31.5 Å². The van der Waals surface area contributed by atoms with Gasteiger partial charge in [0, 0.05) is 31.1 Å². The summed E-state index contributed by atoms with van der Waals surface area (Å²) in [5, 5.41) is 8.04. The van der Waals surface area contributed by atoms with Gasteiger partial charge < -0.3 is 9.42 Å². The molecule has 0 saturated heterocycles. The number of carbonyl (C=O) groups excluding carboxylic acids is 1. The number of rotatable bonds is 5. The van der Waals surface area contributed by atoms with E-state index in [-0.39, 0.29) is 24.6 Å². The molecule has 3 rings (SSSR count). The molecule has 0 fully saturated rings. The van der Waals surface area contributed by atoms with Crippen molar-refractivity contribution >= 4 is 5.91 Å². The van der Waals surface area contributed by atoms with Crippen LogP contribution in [0.4, 0.5) is 0 Å². The predicted molar refractivity (Wildman–Crippen MR) is 92.0 cm³/mol. The topological polar surface area (TPSA) is 107 Å². The molecule has 3 aromatic heterocycles. The summed E-state index contributed by atoms with van der Waals surface area (Å²) in [5.74, 6) is 0.440. The Labute approximate surface area is 149 Å². The Bertz CT molecular complexity index is 980. The van der Waals surface area contributed by atoms with E-state index in [2.05, 4.69) is 20.2 Å². The summed E-state index contributed by atoms with van der Waals surface area (Å²) in [7, 11) is 1.60. The molecule has 9 nitrogen and oxygen atoms in total. The third-order valence-corrected chi connectivity index (χ3v) is 3.93. The summed E-state index contributed by atoms with van der Waals surface area (Å²) in [4.78, 5) is 33.9. The van der Waals surface area contributed by atoms with Crippen molar-refractivity contribution in [2.75, 3.05) is 7.05 Å². The molecule has 0 radical (unpaired) electrons. The van der Waals surface area contributed by atoms with E-state index in [1.165, 1.54) is 11.0 Å². The molecular formula is C17H18N6O3. The van der Waals surface area contributed by atoms with E-state index in [4.69, 9.17) is 4.52 Å². The summed E-state index contributed by atoms with van der Waals surface area (Å²) in [6, 6.07) is 5.00. The molecule has 0 saturated carbocycles. The van der Waals surface area contributed by atoms with E-state index in [0.717, 1.165) is 15.8 Å². The van der Waals surface area contributed by atoms with E-state index < -0.39 is 0 Å². The van der Waals surface area contributed by atoms with Gasteiger partial charge in [0.1, 0.15) is 6.54 Å². The molecule has 134 valence electrons. The summed E-state index contributed by atoms with van der Waals surface area (Å²) < 4.78 is 6.34. The first-order chi connectivity index (χ1) is 12.4. The third kappa shape index (κ3) is 3.82. The zero-order valence-corrected chi connectivity index (χ0v) is 14.7. The summed E-state index contributed by atoms with van der Waals surface area (Å²) in [6.45, 7) is 3.58. The first-order valence-electron chi connectivity index (χ1n) is 7.96. The second kappa shape index (κ2) is 7.26. The van der Waals surface area contributed by atoms with E-state index in [0.29, 0.717) is 17.4 Å². The van der Waals surface area contributed by atoms with E-state index in [1.54, 1.807) is 45.4 Å². The van der Waals surface area contributed by atoms with Crippen LogP contribution in [0.1, 0.15) is 17.1 Å². The molecule has 0 bridgehead atoms. The Morgan fingerprint density at radius 2 is 2.00 bits per heavy atom. The van der Waals surface area contributed by atoms with Crippen molar-refractivity contribution in [1.82, 2.24) is 29.8 Å². The molecule has 3 heterocycles. The zero-order valence-electron chi connectivity index (χ0n) is 14.7. The van der Waals surface area contributed by atoms with Crippen LogP contribution in [0.3, 0.4) is 0 Å². The van der Waals surface area contributed by atoms with Crippen molar-refractivity contribution in [2.45, 2.75) is 26.9 Å². The molecule has 1 amide bonds. The molecule has 0 aliphatic rings. The molecule has 0 N–H and O–H groups in total. The number of nitrogens with zero attached hydrogens (tertiary/aromatic N) is 6. The fourth-order valence-electron chi connectivity index (χ4n) is 2.26. The van der Waals surface area contributed by atoms with Crippen molar-refractivity contribution in [3.63, 3.8) is 0 Å². The number of amides is 1. The van der Waals surface area contributed by atoms with Gasteiger partial charge in [0.05, 0.1) is 12.2 Å². The van der Waals surface area contributed by atoms with Crippen molar-refractivity contribution in [1.29, 1.82) is 0 Å². The summed E-state index contributed by atoms with van der Waals surface area (Å²) in [6.07, 6.45) is 3.27. The third-order valence-electron chi connectivity index (χ3n) is 3.93. The largest absolute Gasteiger partial charge is 0.337 e. The first kappa shape index (κ1) is 17.5. The number of aryl methyl sites for hydroxylation is 2. The number of pyridine rings is 1. The Morgan fingerprint density at radius 1 is 1.27 bits per heavy atom. The van der Waals surface area contributed by atoms with Gasteiger partial charge in [0.2, 0.25) is 17.6 Å². The van der Waals surface area contributed by atoms with Crippen LogP contribution in [-0.4, -0.2) is 42.8 Å². The van der Waals surface area contributed by atoms with Gasteiger partial charge in [0.25, 0.3) is 5.56 Å². The minimum Gasteiger partial charge on any atom is -0.337 e. The molecule has 9 heteroatoms. The van der Waals surface area contributed by atoms with Crippen LogP contribution in [-0.2, 0) is 17.9 Å². The Morgan fingerprint density at radius 3 is 2.73 bits per heavy atom. The normalized spacial score (nSPS) is 10.7. The highest BCUT2D eigenvalue weighted by Crippen LogP contribution is 2.14. The lowest BCUT2D eigenvalue weighted by molar-refractivity contribution is -0.131. The molecule has 3 aromatic rings. The van der Waals surface area contributed by atoms with E-state index in [1.807, 2.05) is 0 Å². The number of carbonyl (C=O) groups is 1. The molecule has 0 aromatic carbocycles. The van der Waals surface area contributed by atoms with Gasteiger partial charge in [-0.2, -0.15) is 10.1 Å². The summed E-state index contributed by atoms with van der Waals surface area (Å²) in [5.41, 5.74) is 1.96. The number of likely N-dealkylation sites (N-methyl/N-ethyl adjacent to an activating group) is 1.